The van der Waals surface area contributed by atoms with Crippen molar-refractivity contribution in [2.45, 2.75) is 19.3 Å². The van der Waals surface area contributed by atoms with E-state index in [4.69, 9.17) is 9.15 Å². The van der Waals surface area contributed by atoms with E-state index in [9.17, 15) is 14.4 Å². The highest BCUT2D eigenvalue weighted by Gasteiger charge is 2.24. The Bertz CT molecular complexity index is 1050. The highest BCUT2D eigenvalue weighted by molar-refractivity contribution is 7.14. The number of thiazole rings is 1. The zero-order valence-corrected chi connectivity index (χ0v) is 14.5. The van der Waals surface area contributed by atoms with Gasteiger partial charge in [-0.1, -0.05) is 0 Å². The van der Waals surface area contributed by atoms with Crippen molar-refractivity contribution in [1.82, 2.24) is 4.98 Å². The summed E-state index contributed by atoms with van der Waals surface area (Å²) in [6, 6.07) is 7.82. The minimum absolute atomic E-state index is 0.00466. The predicted octanol–water partition coefficient (Wildman–Crippen LogP) is 2.52. The summed E-state index contributed by atoms with van der Waals surface area (Å²) in [6.45, 7) is 0.665. The van der Waals surface area contributed by atoms with Crippen molar-refractivity contribution in [1.29, 1.82) is 0 Å². The van der Waals surface area contributed by atoms with Gasteiger partial charge in [0.15, 0.2) is 5.13 Å². The lowest BCUT2D eigenvalue weighted by molar-refractivity contribution is -0.133. The van der Waals surface area contributed by atoms with Crippen LogP contribution < -0.4 is 15.3 Å². The summed E-state index contributed by atoms with van der Waals surface area (Å²) in [5.41, 5.74) is 0.445. The fraction of sp³-hybridized carbons (Fsp3) is 0.222. The number of benzene rings is 1. The molecule has 0 aliphatic carbocycles. The van der Waals surface area contributed by atoms with Gasteiger partial charge in [-0.15, -0.1) is 11.3 Å². The number of carbonyl (C=O) groups is 2. The van der Waals surface area contributed by atoms with Gasteiger partial charge in [-0.2, -0.15) is 0 Å². The van der Waals surface area contributed by atoms with Gasteiger partial charge in [0, 0.05) is 35.9 Å². The molecule has 0 N–H and O–H groups in total. The van der Waals surface area contributed by atoms with Crippen molar-refractivity contribution in [2.75, 3.05) is 11.4 Å². The lowest BCUT2D eigenvalue weighted by Gasteiger charge is -2.10. The van der Waals surface area contributed by atoms with Crippen LogP contribution in [0.15, 0.2) is 44.9 Å². The van der Waals surface area contributed by atoms with E-state index < -0.39 is 11.6 Å². The molecule has 4 rings (SSSR count). The molecule has 3 heterocycles. The summed E-state index contributed by atoms with van der Waals surface area (Å²) in [4.78, 5) is 41.2. The van der Waals surface area contributed by atoms with Crippen LogP contribution >= 0.6 is 11.3 Å². The number of esters is 1. The normalized spacial score (nSPS) is 14.2. The molecule has 0 unspecified atom stereocenters. The number of hydrogen-bond acceptors (Lipinski definition) is 7. The molecule has 1 fully saturated rings. The first-order valence-corrected chi connectivity index (χ1v) is 8.96. The molecule has 1 saturated heterocycles. The van der Waals surface area contributed by atoms with Gasteiger partial charge in [0.05, 0.1) is 12.1 Å². The number of amides is 1. The van der Waals surface area contributed by atoms with Gasteiger partial charge in [0.1, 0.15) is 11.3 Å². The number of anilines is 1. The number of aromatic nitrogens is 1. The van der Waals surface area contributed by atoms with Gasteiger partial charge in [-0.3, -0.25) is 14.5 Å². The summed E-state index contributed by atoms with van der Waals surface area (Å²) in [7, 11) is 0. The summed E-state index contributed by atoms with van der Waals surface area (Å²) in [5, 5.41) is 3.10. The number of rotatable bonds is 4. The molecule has 7 nitrogen and oxygen atoms in total. The van der Waals surface area contributed by atoms with E-state index in [-0.39, 0.29) is 12.3 Å². The molecule has 2 aromatic heterocycles. The third kappa shape index (κ3) is 3.36. The largest absolute Gasteiger partial charge is 0.426 e. The van der Waals surface area contributed by atoms with E-state index in [0.29, 0.717) is 35.1 Å². The second-order valence-electron chi connectivity index (χ2n) is 5.88. The Labute approximate surface area is 151 Å². The van der Waals surface area contributed by atoms with Crippen molar-refractivity contribution in [3.8, 4) is 5.75 Å². The Hall–Kier alpha value is -3.00. The van der Waals surface area contributed by atoms with Crippen LogP contribution in [0.4, 0.5) is 5.13 Å². The number of carbonyl (C=O) groups excluding carboxylic acids is 2. The number of nitrogens with zero attached hydrogens (tertiary/aromatic N) is 2. The average molecular weight is 370 g/mol. The second kappa shape index (κ2) is 6.72. The molecule has 1 aromatic carbocycles. The predicted molar refractivity (Wildman–Crippen MR) is 95.5 cm³/mol. The molecule has 1 aliphatic rings. The van der Waals surface area contributed by atoms with Crippen molar-refractivity contribution >= 4 is 39.3 Å². The summed E-state index contributed by atoms with van der Waals surface area (Å²) >= 11 is 1.34. The third-order valence-electron chi connectivity index (χ3n) is 4.00. The topological polar surface area (TPSA) is 89.7 Å². The Morgan fingerprint density at radius 1 is 1.27 bits per heavy atom. The molecular weight excluding hydrogens is 356 g/mol. The number of hydrogen-bond donors (Lipinski definition) is 0. The van der Waals surface area contributed by atoms with Crippen LogP contribution in [0.3, 0.4) is 0 Å². The molecule has 0 atom stereocenters. The first kappa shape index (κ1) is 16.5. The SMILES string of the molecule is O=C(Cc1csc(N2CCCC2=O)n1)Oc1ccc2ccc(=O)oc2c1. The summed E-state index contributed by atoms with van der Waals surface area (Å²) < 4.78 is 10.4. The summed E-state index contributed by atoms with van der Waals surface area (Å²) in [6.07, 6.45) is 1.36. The molecule has 8 heteroatoms. The number of ether oxygens (including phenoxy) is 1. The van der Waals surface area contributed by atoms with Gasteiger partial charge >= 0.3 is 11.6 Å². The van der Waals surface area contributed by atoms with Crippen molar-refractivity contribution in [3.63, 3.8) is 0 Å². The molecule has 3 aromatic rings. The minimum atomic E-state index is -0.479. The molecule has 26 heavy (non-hydrogen) atoms. The Kier molecular flexibility index (Phi) is 4.26. The quantitative estimate of drug-likeness (QED) is 0.398. The molecule has 0 bridgehead atoms. The van der Waals surface area contributed by atoms with Crippen LogP contribution in [0.5, 0.6) is 5.75 Å². The van der Waals surface area contributed by atoms with Crippen LogP contribution in [-0.4, -0.2) is 23.4 Å². The number of fused-ring (bicyclic) bond motifs is 1. The van der Waals surface area contributed by atoms with Crippen LogP contribution in [0.1, 0.15) is 18.5 Å². The average Bonchev–Trinajstić information content (AvgIpc) is 3.23. The van der Waals surface area contributed by atoms with E-state index in [0.717, 1.165) is 11.8 Å². The van der Waals surface area contributed by atoms with E-state index in [1.807, 2.05) is 0 Å². The zero-order valence-electron chi connectivity index (χ0n) is 13.6. The standard InChI is InChI=1S/C18H14N2O5S/c21-15-2-1-7-20(15)18-19-12(10-26-18)8-17(23)24-13-5-3-11-4-6-16(22)25-14(11)9-13/h3-6,9-10H,1-2,7-8H2. The zero-order chi connectivity index (χ0) is 18.1. The molecule has 0 saturated carbocycles. The summed E-state index contributed by atoms with van der Waals surface area (Å²) in [5.74, 6) is -0.125. The lowest BCUT2D eigenvalue weighted by atomic mass is 10.2. The van der Waals surface area contributed by atoms with Crippen LogP contribution in [0.2, 0.25) is 0 Å². The maximum atomic E-state index is 12.1. The monoisotopic (exact) mass is 370 g/mol. The van der Waals surface area contributed by atoms with Crippen LogP contribution in [0, 0.1) is 0 Å². The van der Waals surface area contributed by atoms with Crippen LogP contribution in [0.25, 0.3) is 11.0 Å². The van der Waals surface area contributed by atoms with Gasteiger partial charge in [-0.25, -0.2) is 9.78 Å². The maximum Gasteiger partial charge on any atom is 0.336 e. The van der Waals surface area contributed by atoms with Crippen molar-refractivity contribution in [2.24, 2.45) is 0 Å². The van der Waals surface area contributed by atoms with Gasteiger partial charge in [0.25, 0.3) is 0 Å². The van der Waals surface area contributed by atoms with E-state index in [1.165, 1.54) is 23.5 Å². The Morgan fingerprint density at radius 3 is 2.92 bits per heavy atom. The van der Waals surface area contributed by atoms with Crippen molar-refractivity contribution < 1.29 is 18.7 Å². The molecular formula is C18H14N2O5S. The highest BCUT2D eigenvalue weighted by atomic mass is 32.1. The minimum Gasteiger partial charge on any atom is -0.426 e. The van der Waals surface area contributed by atoms with E-state index >= 15 is 0 Å². The Morgan fingerprint density at radius 2 is 2.12 bits per heavy atom. The molecule has 0 radical (unpaired) electrons. The third-order valence-corrected chi connectivity index (χ3v) is 4.91. The van der Waals surface area contributed by atoms with Gasteiger partial charge < -0.3 is 9.15 Å². The molecule has 0 spiro atoms. The first-order chi connectivity index (χ1) is 12.6. The van der Waals surface area contributed by atoms with E-state index in [1.54, 1.807) is 28.5 Å². The lowest BCUT2D eigenvalue weighted by Crippen LogP contribution is -2.23. The van der Waals surface area contributed by atoms with E-state index in [2.05, 4.69) is 4.98 Å². The first-order valence-electron chi connectivity index (χ1n) is 8.08. The van der Waals surface area contributed by atoms with Gasteiger partial charge in [-0.05, 0) is 24.6 Å². The second-order valence-corrected chi connectivity index (χ2v) is 6.71. The Balaban J connectivity index is 1.45. The maximum absolute atomic E-state index is 12.1. The fourth-order valence-electron chi connectivity index (χ4n) is 2.77. The molecule has 1 amide bonds. The molecule has 1 aliphatic heterocycles. The van der Waals surface area contributed by atoms with Crippen molar-refractivity contribution in [3.05, 3.63) is 51.8 Å². The fourth-order valence-corrected chi connectivity index (χ4v) is 3.64. The van der Waals surface area contributed by atoms with Crippen LogP contribution in [-0.2, 0) is 16.0 Å². The molecule has 132 valence electrons. The van der Waals surface area contributed by atoms with Gasteiger partial charge in [0.2, 0.25) is 5.91 Å². The smallest absolute Gasteiger partial charge is 0.336 e. The highest BCUT2D eigenvalue weighted by Crippen LogP contribution is 2.26.